The highest BCUT2D eigenvalue weighted by Gasteiger charge is 2.22. The van der Waals surface area contributed by atoms with Gasteiger partial charge in [0.25, 0.3) is 0 Å². The molecule has 0 aliphatic rings. The van der Waals surface area contributed by atoms with Crippen LogP contribution in [0.4, 0.5) is 0 Å². The molecule has 0 aliphatic carbocycles. The third kappa shape index (κ3) is 5.17. The van der Waals surface area contributed by atoms with Gasteiger partial charge in [-0.3, -0.25) is 0 Å². The molecule has 4 heteroatoms. The van der Waals surface area contributed by atoms with E-state index in [4.69, 9.17) is 21.1 Å². The molecule has 1 unspecified atom stereocenters. The van der Waals surface area contributed by atoms with Crippen LogP contribution >= 0.6 is 27.5 Å². The Bertz CT molecular complexity index is 441. The van der Waals surface area contributed by atoms with Crippen LogP contribution in [0.2, 0.25) is 0 Å². The first-order valence-electron chi connectivity index (χ1n) is 7.01. The van der Waals surface area contributed by atoms with Crippen LogP contribution in [0.3, 0.4) is 0 Å². The van der Waals surface area contributed by atoms with Gasteiger partial charge in [-0.2, -0.15) is 0 Å². The lowest BCUT2D eigenvalue weighted by Crippen LogP contribution is -2.09. The zero-order chi connectivity index (χ0) is 15.3. The van der Waals surface area contributed by atoms with Crippen molar-refractivity contribution in [1.82, 2.24) is 0 Å². The van der Waals surface area contributed by atoms with Crippen molar-refractivity contribution >= 4 is 27.5 Å². The van der Waals surface area contributed by atoms with Gasteiger partial charge in [-0.15, -0.1) is 11.6 Å². The van der Waals surface area contributed by atoms with Gasteiger partial charge in [0, 0.05) is 4.47 Å². The van der Waals surface area contributed by atoms with Crippen molar-refractivity contribution in [2.45, 2.75) is 46.4 Å². The van der Waals surface area contributed by atoms with Crippen LogP contribution in [0.1, 0.15) is 52.0 Å². The van der Waals surface area contributed by atoms with Crippen molar-refractivity contribution < 1.29 is 9.47 Å². The normalized spacial score (nSPS) is 13.2. The fourth-order valence-electron chi connectivity index (χ4n) is 1.98. The van der Waals surface area contributed by atoms with E-state index >= 15 is 0 Å². The maximum atomic E-state index is 6.57. The summed E-state index contributed by atoms with van der Waals surface area (Å²) in [5.41, 5.74) is 1.23. The van der Waals surface area contributed by atoms with Crippen LogP contribution in [-0.2, 0) is 0 Å². The van der Waals surface area contributed by atoms with E-state index < -0.39 is 0 Å². The first kappa shape index (κ1) is 17.6. The molecule has 1 aromatic carbocycles. The van der Waals surface area contributed by atoms with Gasteiger partial charge >= 0.3 is 0 Å². The molecule has 1 aromatic rings. The molecule has 0 saturated carbocycles. The zero-order valence-electron chi connectivity index (χ0n) is 12.9. The van der Waals surface area contributed by atoms with Crippen LogP contribution in [0.25, 0.3) is 0 Å². The Morgan fingerprint density at radius 1 is 1.10 bits per heavy atom. The van der Waals surface area contributed by atoms with Gasteiger partial charge in [0.15, 0.2) is 11.5 Å². The second-order valence-electron chi connectivity index (χ2n) is 5.92. The maximum Gasteiger partial charge on any atom is 0.162 e. The summed E-state index contributed by atoms with van der Waals surface area (Å²) in [6, 6.07) is 3.93. The van der Waals surface area contributed by atoms with E-state index in [-0.39, 0.29) is 10.8 Å². The molecule has 1 rings (SSSR count). The summed E-state index contributed by atoms with van der Waals surface area (Å²) in [6.07, 6.45) is 0.896. The van der Waals surface area contributed by atoms with Crippen LogP contribution < -0.4 is 9.47 Å². The molecule has 0 radical (unpaired) electrons. The van der Waals surface area contributed by atoms with Gasteiger partial charge in [0.05, 0.1) is 18.6 Å². The Labute approximate surface area is 135 Å². The van der Waals surface area contributed by atoms with Crippen molar-refractivity contribution in [3.8, 4) is 11.5 Å². The Hall–Kier alpha value is -0.410. The van der Waals surface area contributed by atoms with Crippen molar-refractivity contribution in [2.75, 3.05) is 13.2 Å². The van der Waals surface area contributed by atoms with Crippen molar-refractivity contribution in [1.29, 1.82) is 0 Å². The number of halogens is 2. The van der Waals surface area contributed by atoms with Gasteiger partial charge < -0.3 is 9.47 Å². The van der Waals surface area contributed by atoms with Crippen molar-refractivity contribution in [2.24, 2.45) is 5.41 Å². The minimum absolute atomic E-state index is 0.0562. The molecule has 1 atom stereocenters. The number of benzene rings is 1. The summed E-state index contributed by atoms with van der Waals surface area (Å²) in [7, 11) is 0. The van der Waals surface area contributed by atoms with Gasteiger partial charge in [0.2, 0.25) is 0 Å². The maximum absolute atomic E-state index is 6.57. The fraction of sp³-hybridized carbons (Fsp3) is 0.625. The molecule has 0 saturated heterocycles. The number of rotatable bonds is 6. The highest BCUT2D eigenvalue weighted by atomic mass is 79.9. The van der Waals surface area contributed by atoms with E-state index in [1.807, 2.05) is 26.0 Å². The van der Waals surface area contributed by atoms with Gasteiger partial charge in [-0.1, -0.05) is 36.7 Å². The standard InChI is InChI=1S/C16H24BrClO2/c1-6-19-14-8-11(13(18)10-16(3,4)5)12(17)9-15(14)20-7-2/h8-9,13H,6-7,10H2,1-5H3. The average molecular weight is 364 g/mol. The highest BCUT2D eigenvalue weighted by molar-refractivity contribution is 9.10. The molecule has 0 fully saturated rings. The molecule has 0 aromatic heterocycles. The quantitative estimate of drug-likeness (QED) is 0.580. The molecule has 20 heavy (non-hydrogen) atoms. The molecule has 114 valence electrons. The summed E-state index contributed by atoms with van der Waals surface area (Å²) in [5.74, 6) is 1.51. The summed E-state index contributed by atoms with van der Waals surface area (Å²) >= 11 is 10.2. The van der Waals surface area contributed by atoms with E-state index in [1.54, 1.807) is 0 Å². The smallest absolute Gasteiger partial charge is 0.162 e. The molecular formula is C16H24BrClO2. The van der Waals surface area contributed by atoms with Crippen LogP contribution in [0.5, 0.6) is 11.5 Å². The lowest BCUT2D eigenvalue weighted by atomic mass is 9.88. The number of hydrogen-bond acceptors (Lipinski definition) is 2. The number of alkyl halides is 1. The van der Waals surface area contributed by atoms with Crippen molar-refractivity contribution in [3.05, 3.63) is 22.2 Å². The fourth-order valence-corrected chi connectivity index (χ4v) is 3.35. The third-order valence-electron chi connectivity index (χ3n) is 2.79. The monoisotopic (exact) mass is 362 g/mol. The first-order chi connectivity index (χ1) is 9.28. The predicted octanol–water partition coefficient (Wildman–Crippen LogP) is 5.96. The predicted molar refractivity (Wildman–Crippen MR) is 89.1 cm³/mol. The van der Waals surface area contributed by atoms with Gasteiger partial charge in [-0.05, 0) is 43.4 Å². The Kier molecular flexibility index (Phi) is 6.67. The van der Waals surface area contributed by atoms with Crippen molar-refractivity contribution in [3.63, 3.8) is 0 Å². The molecule has 0 bridgehead atoms. The SMILES string of the molecule is CCOc1cc(Br)c(C(Cl)CC(C)(C)C)cc1OCC. The summed E-state index contributed by atoms with van der Waals surface area (Å²) in [6.45, 7) is 11.7. The highest BCUT2D eigenvalue weighted by Crippen LogP contribution is 2.42. The largest absolute Gasteiger partial charge is 0.490 e. The van der Waals surface area contributed by atoms with E-state index in [9.17, 15) is 0 Å². The second-order valence-corrected chi connectivity index (χ2v) is 7.30. The summed E-state index contributed by atoms with van der Waals surface area (Å²) < 4.78 is 12.2. The average Bonchev–Trinajstić information content (AvgIpc) is 2.30. The van der Waals surface area contributed by atoms with Crippen LogP contribution in [0.15, 0.2) is 16.6 Å². The zero-order valence-corrected chi connectivity index (χ0v) is 15.3. The number of ether oxygens (including phenoxy) is 2. The molecular weight excluding hydrogens is 340 g/mol. The lowest BCUT2D eigenvalue weighted by molar-refractivity contribution is 0.287. The first-order valence-corrected chi connectivity index (χ1v) is 8.24. The molecule has 0 spiro atoms. The minimum atomic E-state index is -0.0562. The minimum Gasteiger partial charge on any atom is -0.490 e. The Morgan fingerprint density at radius 2 is 1.60 bits per heavy atom. The van der Waals surface area contributed by atoms with E-state index in [0.717, 1.165) is 28.0 Å². The van der Waals surface area contributed by atoms with E-state index in [0.29, 0.717) is 13.2 Å². The molecule has 2 nitrogen and oxygen atoms in total. The van der Waals surface area contributed by atoms with E-state index in [2.05, 4.69) is 36.7 Å². The Balaban J connectivity index is 3.10. The van der Waals surface area contributed by atoms with E-state index in [1.165, 1.54) is 0 Å². The third-order valence-corrected chi connectivity index (χ3v) is 3.87. The summed E-state index contributed by atoms with van der Waals surface area (Å²) in [5, 5.41) is -0.0562. The lowest BCUT2D eigenvalue weighted by Gasteiger charge is -2.23. The van der Waals surface area contributed by atoms with Gasteiger partial charge in [-0.25, -0.2) is 0 Å². The Morgan fingerprint density at radius 3 is 2.05 bits per heavy atom. The van der Waals surface area contributed by atoms with Gasteiger partial charge in [0.1, 0.15) is 0 Å². The molecule has 0 heterocycles. The van der Waals surface area contributed by atoms with Crippen LogP contribution in [-0.4, -0.2) is 13.2 Å². The topological polar surface area (TPSA) is 18.5 Å². The second kappa shape index (κ2) is 7.56. The molecule has 0 aliphatic heterocycles. The molecule has 0 amide bonds. The summed E-state index contributed by atoms with van der Waals surface area (Å²) in [4.78, 5) is 0. The van der Waals surface area contributed by atoms with Crippen LogP contribution in [0, 0.1) is 5.41 Å². The number of hydrogen-bond donors (Lipinski definition) is 0. The molecule has 0 N–H and O–H groups in total.